The number of hydrogen-bond donors (Lipinski definition) is 1. The van der Waals surface area contributed by atoms with Crippen molar-refractivity contribution >= 4 is 28.7 Å². The number of rotatable bonds is 9. The van der Waals surface area contributed by atoms with Crippen LogP contribution in [0.1, 0.15) is 55.5 Å². The van der Waals surface area contributed by atoms with Gasteiger partial charge in [0, 0.05) is 22.9 Å². The number of nitrogens with one attached hydrogen (secondary N) is 1. The minimum atomic E-state index is 0.207. The van der Waals surface area contributed by atoms with Crippen molar-refractivity contribution in [3.05, 3.63) is 34.7 Å². The first-order valence-electron chi connectivity index (χ1n) is 8.01. The Kier molecular flexibility index (Phi) is 6.47. The fourth-order valence-corrected chi connectivity index (χ4v) is 3.16. The third-order valence-corrected chi connectivity index (χ3v) is 4.44. The van der Waals surface area contributed by atoms with Crippen molar-refractivity contribution in [1.82, 2.24) is 4.98 Å². The molecule has 1 N–H and O–H groups in total. The monoisotopic (exact) mass is 330 g/mol. The van der Waals surface area contributed by atoms with Crippen LogP contribution in [0.4, 0.5) is 5.13 Å². The third kappa shape index (κ3) is 4.48. The fraction of sp³-hybridized carbons (Fsp3) is 0.389. The molecule has 1 aromatic heterocycles. The predicted octanol–water partition coefficient (Wildman–Crippen LogP) is 4.70. The topological polar surface area (TPSA) is 59.1 Å². The first kappa shape index (κ1) is 17.3. The van der Waals surface area contributed by atoms with Gasteiger partial charge in [0.15, 0.2) is 10.9 Å². The first-order valence-corrected chi connectivity index (χ1v) is 8.89. The Bertz CT molecular complexity index is 679. The van der Waals surface area contributed by atoms with Gasteiger partial charge in [-0.25, -0.2) is 4.98 Å². The fourth-order valence-electron chi connectivity index (χ4n) is 2.48. The van der Waals surface area contributed by atoms with Crippen LogP contribution in [0.15, 0.2) is 23.6 Å². The molecule has 0 aliphatic carbocycles. The van der Waals surface area contributed by atoms with Crippen molar-refractivity contribution in [1.29, 1.82) is 0 Å². The molecule has 4 nitrogen and oxygen atoms in total. The first-order chi connectivity index (χ1) is 11.2. The molecule has 0 bridgehead atoms. The molecule has 0 fully saturated rings. The zero-order chi connectivity index (χ0) is 16.7. The predicted molar refractivity (Wildman–Crippen MR) is 95.1 cm³/mol. The number of anilines is 1. The largest absolute Gasteiger partial charge is 0.305 e. The highest BCUT2D eigenvalue weighted by Crippen LogP contribution is 2.27. The number of amides is 1. The van der Waals surface area contributed by atoms with E-state index in [9.17, 15) is 9.59 Å². The van der Waals surface area contributed by atoms with Crippen LogP contribution in [0.2, 0.25) is 0 Å². The quantitative estimate of drug-likeness (QED) is 0.535. The number of aromatic nitrogens is 1. The number of ketones is 1. The zero-order valence-electron chi connectivity index (χ0n) is 13.6. The molecular weight excluding hydrogens is 308 g/mol. The summed E-state index contributed by atoms with van der Waals surface area (Å²) >= 11 is 1.37. The van der Waals surface area contributed by atoms with E-state index in [1.807, 2.05) is 23.6 Å². The van der Waals surface area contributed by atoms with Crippen LogP contribution in [-0.4, -0.2) is 17.2 Å². The summed E-state index contributed by atoms with van der Waals surface area (Å²) in [5.74, 6) is 0.207. The van der Waals surface area contributed by atoms with Gasteiger partial charge in [-0.15, -0.1) is 11.3 Å². The lowest BCUT2D eigenvalue weighted by Crippen LogP contribution is -2.04. The summed E-state index contributed by atoms with van der Waals surface area (Å²) in [4.78, 5) is 27.4. The van der Waals surface area contributed by atoms with E-state index in [1.54, 1.807) is 0 Å². The van der Waals surface area contributed by atoms with Crippen molar-refractivity contribution in [3.63, 3.8) is 0 Å². The Morgan fingerprint density at radius 2 is 2.13 bits per heavy atom. The number of carbonyl (C=O) groups is 2. The maximum atomic E-state index is 12.5. The summed E-state index contributed by atoms with van der Waals surface area (Å²) in [6, 6.07) is 5.98. The van der Waals surface area contributed by atoms with Crippen molar-refractivity contribution < 1.29 is 9.59 Å². The van der Waals surface area contributed by atoms with Crippen LogP contribution in [-0.2, 0) is 11.2 Å². The van der Waals surface area contributed by atoms with E-state index >= 15 is 0 Å². The van der Waals surface area contributed by atoms with E-state index in [4.69, 9.17) is 0 Å². The third-order valence-electron chi connectivity index (χ3n) is 3.67. The normalized spacial score (nSPS) is 10.5. The van der Waals surface area contributed by atoms with E-state index in [0.29, 0.717) is 18.0 Å². The molecule has 0 aliphatic heterocycles. The molecule has 5 heteroatoms. The number of Topliss-reactive ketones (excluding diaryl/α,β-unsaturated/α-hetero) is 1. The number of carbonyl (C=O) groups excluding carboxylic acids is 2. The number of thiazole rings is 1. The number of aryl methyl sites for hydroxylation is 1. The Morgan fingerprint density at radius 3 is 2.83 bits per heavy atom. The minimum absolute atomic E-state index is 0.207. The molecule has 122 valence electrons. The average molecular weight is 330 g/mol. The minimum Gasteiger partial charge on any atom is -0.305 e. The smallest absolute Gasteiger partial charge is 0.213 e. The van der Waals surface area contributed by atoms with Gasteiger partial charge in [-0.05, 0) is 24.5 Å². The highest BCUT2D eigenvalue weighted by atomic mass is 32.1. The maximum Gasteiger partial charge on any atom is 0.213 e. The molecule has 0 unspecified atom stereocenters. The van der Waals surface area contributed by atoms with Gasteiger partial charge in [-0.3, -0.25) is 9.59 Å². The Hall–Kier alpha value is -2.01. The number of hydrogen-bond acceptors (Lipinski definition) is 4. The van der Waals surface area contributed by atoms with Gasteiger partial charge in [0.25, 0.3) is 0 Å². The van der Waals surface area contributed by atoms with E-state index in [2.05, 4.69) is 24.1 Å². The lowest BCUT2D eigenvalue weighted by Gasteiger charge is -2.10. The zero-order valence-corrected chi connectivity index (χ0v) is 14.4. The molecule has 0 saturated carbocycles. The van der Waals surface area contributed by atoms with Crippen LogP contribution < -0.4 is 5.32 Å². The molecule has 0 spiro atoms. The van der Waals surface area contributed by atoms with Gasteiger partial charge < -0.3 is 5.32 Å². The van der Waals surface area contributed by atoms with E-state index in [0.717, 1.165) is 48.1 Å². The summed E-state index contributed by atoms with van der Waals surface area (Å²) in [5, 5.41) is 5.01. The number of benzene rings is 1. The second-order valence-electron chi connectivity index (χ2n) is 5.45. The Balaban J connectivity index is 2.33. The molecule has 2 rings (SSSR count). The van der Waals surface area contributed by atoms with Gasteiger partial charge in [-0.2, -0.15) is 0 Å². The molecule has 0 atom stereocenters. The van der Waals surface area contributed by atoms with Crippen molar-refractivity contribution in [2.24, 2.45) is 0 Å². The molecule has 1 aromatic carbocycles. The summed E-state index contributed by atoms with van der Waals surface area (Å²) in [7, 11) is 0. The lowest BCUT2D eigenvalue weighted by molar-refractivity contribution is -0.105. The van der Waals surface area contributed by atoms with E-state index in [-0.39, 0.29) is 5.78 Å². The van der Waals surface area contributed by atoms with Crippen LogP contribution >= 0.6 is 11.3 Å². The number of unbranched alkanes of at least 4 members (excludes halogenated alkanes) is 1. The van der Waals surface area contributed by atoms with E-state index < -0.39 is 0 Å². The van der Waals surface area contributed by atoms with Crippen molar-refractivity contribution in [2.75, 3.05) is 5.32 Å². The van der Waals surface area contributed by atoms with Crippen LogP contribution in [0.25, 0.3) is 11.3 Å². The standard InChI is InChI=1S/C18H22N2O2S/c1-3-5-7-17(22)15-10-14(9-8-13(15)6-4-2)16-11-23-18(20-16)19-12-21/h8-12H,3-7H2,1-2H3,(H,19,20,21). The van der Waals surface area contributed by atoms with Gasteiger partial charge in [0.1, 0.15) is 0 Å². The summed E-state index contributed by atoms with van der Waals surface area (Å²) < 4.78 is 0. The molecular formula is C18H22N2O2S. The molecule has 23 heavy (non-hydrogen) atoms. The van der Waals surface area contributed by atoms with Gasteiger partial charge >= 0.3 is 0 Å². The van der Waals surface area contributed by atoms with E-state index in [1.165, 1.54) is 11.3 Å². The second kappa shape index (κ2) is 8.58. The lowest BCUT2D eigenvalue weighted by atomic mass is 9.94. The Morgan fingerprint density at radius 1 is 1.30 bits per heavy atom. The summed E-state index contributed by atoms with van der Waals surface area (Å²) in [6.07, 6.45) is 5.05. The summed E-state index contributed by atoms with van der Waals surface area (Å²) in [5.41, 5.74) is 3.63. The molecule has 0 radical (unpaired) electrons. The van der Waals surface area contributed by atoms with Crippen molar-refractivity contribution in [2.45, 2.75) is 46.0 Å². The van der Waals surface area contributed by atoms with Crippen LogP contribution in [0.5, 0.6) is 0 Å². The molecule has 1 heterocycles. The highest BCUT2D eigenvalue weighted by molar-refractivity contribution is 7.14. The van der Waals surface area contributed by atoms with Gasteiger partial charge in [0.2, 0.25) is 6.41 Å². The summed E-state index contributed by atoms with van der Waals surface area (Å²) in [6.45, 7) is 4.21. The molecule has 2 aromatic rings. The SMILES string of the molecule is CCCCC(=O)c1cc(-c2csc(NC=O)n2)ccc1CCC. The average Bonchev–Trinajstić information content (AvgIpc) is 3.02. The van der Waals surface area contributed by atoms with Crippen molar-refractivity contribution in [3.8, 4) is 11.3 Å². The maximum absolute atomic E-state index is 12.5. The Labute approximate surface area is 141 Å². The van der Waals surface area contributed by atoms with Gasteiger partial charge in [0.05, 0.1) is 5.69 Å². The molecule has 0 aliphatic rings. The van der Waals surface area contributed by atoms with Gasteiger partial charge in [-0.1, -0.05) is 38.8 Å². The van der Waals surface area contributed by atoms with Crippen LogP contribution in [0.3, 0.4) is 0 Å². The molecule has 0 saturated heterocycles. The molecule has 1 amide bonds. The van der Waals surface area contributed by atoms with Crippen LogP contribution in [0, 0.1) is 0 Å². The highest BCUT2D eigenvalue weighted by Gasteiger charge is 2.13. The number of nitrogens with zero attached hydrogens (tertiary/aromatic N) is 1. The second-order valence-corrected chi connectivity index (χ2v) is 6.31.